The molecule has 0 bridgehead atoms. The van der Waals surface area contributed by atoms with Gasteiger partial charge in [0, 0.05) is 19.5 Å². The number of nitrogens with zero attached hydrogens (tertiary/aromatic N) is 5. The van der Waals surface area contributed by atoms with Crippen molar-refractivity contribution in [2.45, 2.75) is 52.7 Å². The Kier molecular flexibility index (Phi) is 4.89. The van der Waals surface area contributed by atoms with E-state index in [9.17, 15) is 0 Å². The minimum Gasteiger partial charge on any atom is -0.311 e. The molecule has 1 N–H and O–H groups in total. The van der Waals surface area contributed by atoms with E-state index in [2.05, 4.69) is 52.0 Å². The Balaban J connectivity index is 2.26. The minimum atomic E-state index is 0.206. The van der Waals surface area contributed by atoms with Crippen molar-refractivity contribution in [3.8, 4) is 0 Å². The Morgan fingerprint density at radius 1 is 1.20 bits per heavy atom. The molecule has 0 amide bonds. The van der Waals surface area contributed by atoms with Crippen LogP contribution in [0.15, 0.2) is 12.4 Å². The van der Waals surface area contributed by atoms with Gasteiger partial charge in [0.25, 0.3) is 0 Å². The SMILES string of the molecule is CCc1cc(C(Cc2ncnn2CC)NC)n(CC)n1. The second kappa shape index (κ2) is 6.65. The molecule has 1 atom stereocenters. The molecule has 1 unspecified atom stereocenters. The molecule has 2 aromatic rings. The highest BCUT2D eigenvalue weighted by Crippen LogP contribution is 2.19. The van der Waals surface area contributed by atoms with Crippen LogP contribution in [0, 0.1) is 0 Å². The molecule has 0 fully saturated rings. The van der Waals surface area contributed by atoms with E-state index in [1.54, 1.807) is 6.33 Å². The minimum absolute atomic E-state index is 0.206. The van der Waals surface area contributed by atoms with Crippen molar-refractivity contribution in [3.05, 3.63) is 29.6 Å². The lowest BCUT2D eigenvalue weighted by atomic mass is 10.1. The third kappa shape index (κ3) is 2.90. The summed E-state index contributed by atoms with van der Waals surface area (Å²) in [5.74, 6) is 1.01. The summed E-state index contributed by atoms with van der Waals surface area (Å²) in [5, 5.41) is 12.2. The zero-order valence-corrected chi connectivity index (χ0v) is 12.8. The van der Waals surface area contributed by atoms with Gasteiger partial charge in [0.05, 0.1) is 17.4 Å². The standard InChI is InChI=1S/C14H24N6/c1-5-11-8-13(19(6-2)18-11)12(15-4)9-14-16-10-17-20(14)7-3/h8,10,12,15H,5-7,9H2,1-4H3. The van der Waals surface area contributed by atoms with E-state index in [4.69, 9.17) is 0 Å². The smallest absolute Gasteiger partial charge is 0.138 e. The zero-order chi connectivity index (χ0) is 14.5. The molecule has 0 saturated carbocycles. The molecule has 20 heavy (non-hydrogen) atoms. The fourth-order valence-electron chi connectivity index (χ4n) is 2.44. The van der Waals surface area contributed by atoms with Gasteiger partial charge in [-0.05, 0) is 33.4 Å². The van der Waals surface area contributed by atoms with Crippen LogP contribution in [0.4, 0.5) is 0 Å². The summed E-state index contributed by atoms with van der Waals surface area (Å²) in [6.07, 6.45) is 3.40. The predicted octanol–water partition coefficient (Wildman–Crippen LogP) is 1.58. The molecule has 0 radical (unpaired) electrons. The van der Waals surface area contributed by atoms with E-state index in [0.717, 1.165) is 37.4 Å². The van der Waals surface area contributed by atoms with E-state index in [-0.39, 0.29) is 6.04 Å². The first kappa shape index (κ1) is 14.7. The Morgan fingerprint density at radius 3 is 2.55 bits per heavy atom. The van der Waals surface area contributed by atoms with Gasteiger partial charge >= 0.3 is 0 Å². The summed E-state index contributed by atoms with van der Waals surface area (Å²) in [6, 6.07) is 2.40. The summed E-state index contributed by atoms with van der Waals surface area (Å²) < 4.78 is 4.02. The topological polar surface area (TPSA) is 60.6 Å². The van der Waals surface area contributed by atoms with Crippen LogP contribution in [-0.4, -0.2) is 31.6 Å². The number of aromatic nitrogens is 5. The highest BCUT2D eigenvalue weighted by molar-refractivity contribution is 5.16. The molecule has 0 aliphatic rings. The molecular weight excluding hydrogens is 252 g/mol. The first-order valence-electron chi connectivity index (χ1n) is 7.33. The van der Waals surface area contributed by atoms with E-state index in [1.165, 1.54) is 5.69 Å². The molecule has 0 aliphatic heterocycles. The Morgan fingerprint density at radius 2 is 1.95 bits per heavy atom. The third-order valence-electron chi connectivity index (χ3n) is 3.61. The average molecular weight is 276 g/mol. The molecule has 110 valence electrons. The van der Waals surface area contributed by atoms with Gasteiger partial charge in [-0.15, -0.1) is 0 Å². The Hall–Kier alpha value is -1.69. The second-order valence-corrected chi connectivity index (χ2v) is 4.77. The summed E-state index contributed by atoms with van der Waals surface area (Å²) >= 11 is 0. The van der Waals surface area contributed by atoms with E-state index >= 15 is 0 Å². The molecule has 0 spiro atoms. The van der Waals surface area contributed by atoms with Crippen LogP contribution in [0.2, 0.25) is 0 Å². The van der Waals surface area contributed by atoms with Gasteiger partial charge < -0.3 is 5.32 Å². The monoisotopic (exact) mass is 276 g/mol. The van der Waals surface area contributed by atoms with Gasteiger partial charge in [-0.1, -0.05) is 6.92 Å². The van der Waals surface area contributed by atoms with Crippen LogP contribution in [0.3, 0.4) is 0 Å². The Labute approximate surface area is 120 Å². The Bertz CT molecular complexity index is 542. The van der Waals surface area contributed by atoms with Gasteiger partial charge in [0.15, 0.2) is 0 Å². The van der Waals surface area contributed by atoms with Crippen molar-refractivity contribution in [3.63, 3.8) is 0 Å². The summed E-state index contributed by atoms with van der Waals surface area (Å²) in [7, 11) is 1.98. The quantitative estimate of drug-likeness (QED) is 0.834. The number of likely N-dealkylation sites (N-methyl/N-ethyl adjacent to an activating group) is 1. The van der Waals surface area contributed by atoms with E-state index in [1.807, 2.05) is 11.7 Å². The maximum absolute atomic E-state index is 4.62. The van der Waals surface area contributed by atoms with Crippen LogP contribution in [-0.2, 0) is 25.9 Å². The molecule has 0 aliphatic carbocycles. The van der Waals surface area contributed by atoms with Crippen LogP contribution < -0.4 is 5.32 Å². The van der Waals surface area contributed by atoms with Crippen molar-refractivity contribution >= 4 is 0 Å². The molecule has 2 aromatic heterocycles. The summed E-state index contributed by atoms with van der Waals surface area (Å²) in [6.45, 7) is 8.07. The van der Waals surface area contributed by atoms with Gasteiger partial charge in [-0.3, -0.25) is 9.36 Å². The van der Waals surface area contributed by atoms with Crippen LogP contribution in [0.5, 0.6) is 0 Å². The van der Waals surface area contributed by atoms with Gasteiger partial charge in [-0.2, -0.15) is 10.2 Å². The molecular formula is C14H24N6. The highest BCUT2D eigenvalue weighted by Gasteiger charge is 2.18. The number of nitrogens with one attached hydrogen (secondary N) is 1. The first-order valence-corrected chi connectivity index (χ1v) is 7.33. The number of rotatable bonds is 7. The fourth-order valence-corrected chi connectivity index (χ4v) is 2.44. The first-order chi connectivity index (χ1) is 9.73. The number of hydrogen-bond donors (Lipinski definition) is 1. The zero-order valence-electron chi connectivity index (χ0n) is 12.8. The normalized spacial score (nSPS) is 12.8. The summed E-state index contributed by atoms with van der Waals surface area (Å²) in [4.78, 5) is 4.36. The summed E-state index contributed by atoms with van der Waals surface area (Å²) in [5.41, 5.74) is 2.36. The molecule has 6 nitrogen and oxygen atoms in total. The van der Waals surface area contributed by atoms with Crippen LogP contribution in [0.1, 0.15) is 44.0 Å². The lowest BCUT2D eigenvalue weighted by Crippen LogP contribution is -2.24. The lowest BCUT2D eigenvalue weighted by Gasteiger charge is -2.17. The van der Waals surface area contributed by atoms with E-state index < -0.39 is 0 Å². The highest BCUT2D eigenvalue weighted by atomic mass is 15.3. The lowest BCUT2D eigenvalue weighted by molar-refractivity contribution is 0.487. The number of aryl methyl sites for hydroxylation is 3. The van der Waals surface area contributed by atoms with E-state index in [0.29, 0.717) is 0 Å². The van der Waals surface area contributed by atoms with Crippen molar-refractivity contribution in [1.82, 2.24) is 29.9 Å². The molecule has 2 heterocycles. The maximum Gasteiger partial charge on any atom is 0.138 e. The van der Waals surface area contributed by atoms with Gasteiger partial charge in [0.1, 0.15) is 12.2 Å². The van der Waals surface area contributed by atoms with Crippen LogP contribution in [0.25, 0.3) is 0 Å². The molecule has 2 rings (SSSR count). The number of hydrogen-bond acceptors (Lipinski definition) is 4. The average Bonchev–Trinajstić information content (AvgIpc) is 3.10. The van der Waals surface area contributed by atoms with Crippen molar-refractivity contribution in [2.75, 3.05) is 7.05 Å². The van der Waals surface area contributed by atoms with Crippen molar-refractivity contribution in [1.29, 1.82) is 0 Å². The molecule has 0 saturated heterocycles. The van der Waals surface area contributed by atoms with Crippen LogP contribution >= 0.6 is 0 Å². The van der Waals surface area contributed by atoms with Crippen molar-refractivity contribution in [2.24, 2.45) is 0 Å². The molecule has 0 aromatic carbocycles. The predicted molar refractivity (Wildman–Crippen MR) is 78.5 cm³/mol. The van der Waals surface area contributed by atoms with Gasteiger partial charge in [0.2, 0.25) is 0 Å². The molecule has 6 heteroatoms. The largest absolute Gasteiger partial charge is 0.311 e. The van der Waals surface area contributed by atoms with Crippen molar-refractivity contribution < 1.29 is 0 Å². The maximum atomic E-state index is 4.62. The third-order valence-corrected chi connectivity index (χ3v) is 3.61. The second-order valence-electron chi connectivity index (χ2n) is 4.77. The van der Waals surface area contributed by atoms with Gasteiger partial charge in [-0.25, -0.2) is 4.98 Å². The fraction of sp³-hybridized carbons (Fsp3) is 0.643.